The maximum absolute atomic E-state index is 6.12. The Labute approximate surface area is 138 Å². The predicted molar refractivity (Wildman–Crippen MR) is 94.5 cm³/mol. The highest BCUT2D eigenvalue weighted by molar-refractivity contribution is 7.98. The van der Waals surface area contributed by atoms with Crippen LogP contribution in [0.2, 0.25) is 0 Å². The number of thioether (sulfide) groups is 1. The van der Waals surface area contributed by atoms with E-state index < -0.39 is 0 Å². The molecular formula is C19H14N2OS. The van der Waals surface area contributed by atoms with Crippen LogP contribution < -0.4 is 0 Å². The van der Waals surface area contributed by atoms with Gasteiger partial charge in [0.2, 0.25) is 5.71 Å². The molecule has 0 atom stereocenters. The van der Waals surface area contributed by atoms with E-state index in [1.165, 1.54) is 0 Å². The molecule has 23 heavy (non-hydrogen) atoms. The Hall–Kier alpha value is -2.59. The zero-order valence-corrected chi connectivity index (χ0v) is 13.4. The van der Waals surface area contributed by atoms with Crippen LogP contribution in [0.4, 0.5) is 0 Å². The monoisotopic (exact) mass is 318 g/mol. The first kappa shape index (κ1) is 14.0. The zero-order chi connectivity index (χ0) is 15.6. The molecule has 0 aliphatic rings. The van der Waals surface area contributed by atoms with Gasteiger partial charge in [-0.25, -0.2) is 9.97 Å². The van der Waals surface area contributed by atoms with E-state index in [-0.39, 0.29) is 0 Å². The van der Waals surface area contributed by atoms with Crippen molar-refractivity contribution in [3.63, 3.8) is 0 Å². The van der Waals surface area contributed by atoms with E-state index in [0.717, 1.165) is 32.9 Å². The second-order valence-electron chi connectivity index (χ2n) is 5.10. The van der Waals surface area contributed by atoms with Crippen molar-refractivity contribution < 1.29 is 4.42 Å². The van der Waals surface area contributed by atoms with E-state index in [9.17, 15) is 0 Å². The highest BCUT2D eigenvalue weighted by Gasteiger charge is 2.21. The Morgan fingerprint density at radius 3 is 2.13 bits per heavy atom. The third-order valence-corrected chi connectivity index (χ3v) is 4.44. The molecular weight excluding hydrogens is 304 g/mol. The molecule has 4 rings (SSSR count). The quantitative estimate of drug-likeness (QED) is 0.380. The minimum absolute atomic E-state index is 0.627. The van der Waals surface area contributed by atoms with E-state index in [0.29, 0.717) is 5.71 Å². The van der Waals surface area contributed by atoms with Crippen LogP contribution in [0.5, 0.6) is 0 Å². The fourth-order valence-electron chi connectivity index (χ4n) is 2.73. The summed E-state index contributed by atoms with van der Waals surface area (Å²) in [6.45, 7) is 0. The molecule has 4 aromatic rings. The van der Waals surface area contributed by atoms with E-state index in [1.54, 1.807) is 18.1 Å². The number of hydrogen-bond donors (Lipinski definition) is 0. The van der Waals surface area contributed by atoms with Crippen LogP contribution >= 0.6 is 11.8 Å². The minimum atomic E-state index is 0.627. The Balaban J connectivity index is 2.11. The lowest BCUT2D eigenvalue weighted by atomic mass is 10.00. The molecule has 0 spiro atoms. The van der Waals surface area contributed by atoms with Gasteiger partial charge >= 0.3 is 0 Å². The van der Waals surface area contributed by atoms with Crippen molar-refractivity contribution in [2.45, 2.75) is 5.03 Å². The molecule has 2 aromatic carbocycles. The standard InChI is InChI=1S/C19H14N2OS/c1-23-19-16-15(13-8-4-2-5-9-13)17(14-10-6-3-7-11-14)22-18(16)20-12-21-19/h2-12H,1H3. The van der Waals surface area contributed by atoms with Crippen molar-refractivity contribution in [1.82, 2.24) is 9.97 Å². The molecule has 0 aliphatic carbocycles. The summed E-state index contributed by atoms with van der Waals surface area (Å²) in [7, 11) is 0. The molecule has 0 fully saturated rings. The molecule has 3 nitrogen and oxygen atoms in total. The van der Waals surface area contributed by atoms with Gasteiger partial charge in [-0.1, -0.05) is 60.7 Å². The number of furan rings is 1. The Morgan fingerprint density at radius 1 is 0.826 bits per heavy atom. The zero-order valence-electron chi connectivity index (χ0n) is 12.6. The van der Waals surface area contributed by atoms with Crippen molar-refractivity contribution in [2.75, 3.05) is 6.26 Å². The van der Waals surface area contributed by atoms with Crippen LogP contribution in [0.15, 0.2) is 76.4 Å². The van der Waals surface area contributed by atoms with Gasteiger partial charge in [-0.15, -0.1) is 11.8 Å². The van der Waals surface area contributed by atoms with Gasteiger partial charge in [-0.2, -0.15) is 0 Å². The number of hydrogen-bond acceptors (Lipinski definition) is 4. The molecule has 0 saturated carbocycles. The maximum atomic E-state index is 6.12. The summed E-state index contributed by atoms with van der Waals surface area (Å²) < 4.78 is 6.12. The summed E-state index contributed by atoms with van der Waals surface area (Å²) in [6.07, 6.45) is 3.58. The van der Waals surface area contributed by atoms with Gasteiger partial charge in [0.15, 0.2) is 0 Å². The van der Waals surface area contributed by atoms with Crippen molar-refractivity contribution in [3.8, 4) is 22.5 Å². The van der Waals surface area contributed by atoms with E-state index in [2.05, 4.69) is 34.2 Å². The lowest BCUT2D eigenvalue weighted by Gasteiger charge is -2.04. The highest BCUT2D eigenvalue weighted by Crippen LogP contribution is 2.42. The van der Waals surface area contributed by atoms with Gasteiger partial charge in [-0.3, -0.25) is 0 Å². The first-order valence-electron chi connectivity index (χ1n) is 7.31. The molecule has 4 heteroatoms. The van der Waals surface area contributed by atoms with Crippen LogP contribution in [0.1, 0.15) is 0 Å². The summed E-state index contributed by atoms with van der Waals surface area (Å²) in [5, 5.41) is 1.91. The summed E-state index contributed by atoms with van der Waals surface area (Å²) in [5.41, 5.74) is 3.82. The molecule has 112 valence electrons. The first-order chi connectivity index (χ1) is 11.4. The number of aromatic nitrogens is 2. The topological polar surface area (TPSA) is 38.9 Å². The van der Waals surface area contributed by atoms with Gasteiger partial charge in [0.1, 0.15) is 17.1 Å². The molecule has 0 N–H and O–H groups in total. The molecule has 2 aromatic heterocycles. The van der Waals surface area contributed by atoms with E-state index >= 15 is 0 Å². The van der Waals surface area contributed by atoms with Crippen LogP contribution in [-0.2, 0) is 0 Å². The molecule has 0 radical (unpaired) electrons. The molecule has 0 unspecified atom stereocenters. The number of rotatable bonds is 3. The van der Waals surface area contributed by atoms with Gasteiger partial charge in [0.05, 0.1) is 5.39 Å². The smallest absolute Gasteiger partial charge is 0.231 e. The number of benzene rings is 2. The van der Waals surface area contributed by atoms with Crippen LogP contribution in [0.25, 0.3) is 33.6 Å². The van der Waals surface area contributed by atoms with Crippen molar-refractivity contribution in [1.29, 1.82) is 0 Å². The lowest BCUT2D eigenvalue weighted by molar-refractivity contribution is 0.617. The molecule has 2 heterocycles. The normalized spacial score (nSPS) is 11.0. The molecule has 0 amide bonds. The summed E-state index contributed by atoms with van der Waals surface area (Å²) >= 11 is 1.60. The lowest BCUT2D eigenvalue weighted by Crippen LogP contribution is -1.85. The molecule has 0 bridgehead atoms. The number of nitrogens with zero attached hydrogens (tertiary/aromatic N) is 2. The second kappa shape index (κ2) is 5.89. The van der Waals surface area contributed by atoms with Gasteiger partial charge < -0.3 is 4.42 Å². The average molecular weight is 318 g/mol. The fraction of sp³-hybridized carbons (Fsp3) is 0.0526. The SMILES string of the molecule is CSc1ncnc2oc(-c3ccccc3)c(-c3ccccc3)c12. The van der Waals surface area contributed by atoms with Gasteiger partial charge in [0, 0.05) is 11.1 Å². The first-order valence-corrected chi connectivity index (χ1v) is 8.53. The largest absolute Gasteiger partial charge is 0.437 e. The number of fused-ring (bicyclic) bond motifs is 1. The summed E-state index contributed by atoms with van der Waals surface area (Å²) in [6, 6.07) is 20.4. The summed E-state index contributed by atoms with van der Waals surface area (Å²) in [4.78, 5) is 8.74. The highest BCUT2D eigenvalue weighted by atomic mass is 32.2. The van der Waals surface area contributed by atoms with Crippen LogP contribution in [0, 0.1) is 0 Å². The van der Waals surface area contributed by atoms with Crippen molar-refractivity contribution >= 4 is 22.9 Å². The Kier molecular flexibility index (Phi) is 3.60. The minimum Gasteiger partial charge on any atom is -0.437 e. The Morgan fingerprint density at radius 2 is 1.48 bits per heavy atom. The fourth-order valence-corrected chi connectivity index (χ4v) is 3.28. The van der Waals surface area contributed by atoms with E-state index in [1.807, 2.05) is 42.7 Å². The van der Waals surface area contributed by atoms with Crippen LogP contribution in [-0.4, -0.2) is 16.2 Å². The third-order valence-electron chi connectivity index (χ3n) is 3.75. The second-order valence-corrected chi connectivity index (χ2v) is 5.90. The molecule has 0 saturated heterocycles. The van der Waals surface area contributed by atoms with Crippen molar-refractivity contribution in [3.05, 3.63) is 67.0 Å². The van der Waals surface area contributed by atoms with Gasteiger partial charge in [0.25, 0.3) is 0 Å². The predicted octanol–water partition coefficient (Wildman–Crippen LogP) is 5.28. The third kappa shape index (κ3) is 2.41. The summed E-state index contributed by atoms with van der Waals surface area (Å²) in [5.74, 6) is 0.836. The average Bonchev–Trinajstić information content (AvgIpc) is 3.03. The van der Waals surface area contributed by atoms with Gasteiger partial charge in [-0.05, 0) is 11.8 Å². The molecule has 0 aliphatic heterocycles. The Bertz CT molecular complexity index is 949. The van der Waals surface area contributed by atoms with Crippen molar-refractivity contribution in [2.24, 2.45) is 0 Å². The van der Waals surface area contributed by atoms with Crippen LogP contribution in [0.3, 0.4) is 0 Å². The maximum Gasteiger partial charge on any atom is 0.231 e. The van der Waals surface area contributed by atoms with E-state index in [4.69, 9.17) is 4.42 Å².